The zero-order valence-corrected chi connectivity index (χ0v) is 11.5. The molecule has 19 heavy (non-hydrogen) atoms. The summed E-state index contributed by atoms with van der Waals surface area (Å²) in [6.07, 6.45) is 0. The fraction of sp³-hybridized carbons (Fsp3) is 0.133. The molecule has 0 aromatic heterocycles. The molecule has 0 atom stereocenters. The smallest absolute Gasteiger partial charge is 0.115 e. The Balaban J connectivity index is 2.18. The SMILES string of the molecule is CN(Cc1cccc(O)c1)c1cccc(C(N)=S)c1. The van der Waals surface area contributed by atoms with Crippen LogP contribution in [-0.4, -0.2) is 17.1 Å². The van der Waals surface area contributed by atoms with Crippen LogP contribution in [0.2, 0.25) is 0 Å². The number of aromatic hydroxyl groups is 1. The summed E-state index contributed by atoms with van der Waals surface area (Å²) in [4.78, 5) is 2.48. The fourth-order valence-electron chi connectivity index (χ4n) is 1.92. The summed E-state index contributed by atoms with van der Waals surface area (Å²) in [5.41, 5.74) is 8.57. The van der Waals surface area contributed by atoms with Gasteiger partial charge in [-0.3, -0.25) is 0 Å². The van der Waals surface area contributed by atoms with Crippen LogP contribution in [0.3, 0.4) is 0 Å². The lowest BCUT2D eigenvalue weighted by Crippen LogP contribution is -2.17. The molecule has 0 radical (unpaired) electrons. The summed E-state index contributed by atoms with van der Waals surface area (Å²) < 4.78 is 0. The van der Waals surface area contributed by atoms with Crippen molar-refractivity contribution >= 4 is 22.9 Å². The van der Waals surface area contributed by atoms with E-state index in [0.29, 0.717) is 11.5 Å². The molecule has 3 N–H and O–H groups in total. The molecule has 0 aliphatic rings. The average molecular weight is 272 g/mol. The molecule has 3 nitrogen and oxygen atoms in total. The maximum atomic E-state index is 9.46. The van der Waals surface area contributed by atoms with E-state index >= 15 is 0 Å². The summed E-state index contributed by atoms with van der Waals surface area (Å²) in [6.45, 7) is 0.704. The molecular formula is C15H16N2OS. The lowest BCUT2D eigenvalue weighted by atomic mass is 10.1. The van der Waals surface area contributed by atoms with Crippen molar-refractivity contribution in [2.45, 2.75) is 6.54 Å². The van der Waals surface area contributed by atoms with Gasteiger partial charge >= 0.3 is 0 Å². The summed E-state index contributed by atoms with van der Waals surface area (Å²) >= 11 is 4.98. The molecule has 2 rings (SSSR count). The molecule has 0 unspecified atom stereocenters. The van der Waals surface area contributed by atoms with E-state index < -0.39 is 0 Å². The minimum Gasteiger partial charge on any atom is -0.508 e. The average Bonchev–Trinajstić information content (AvgIpc) is 2.39. The number of nitrogens with zero attached hydrogens (tertiary/aromatic N) is 1. The highest BCUT2D eigenvalue weighted by atomic mass is 32.1. The Morgan fingerprint density at radius 3 is 2.63 bits per heavy atom. The van der Waals surface area contributed by atoms with Gasteiger partial charge in [-0.05, 0) is 29.8 Å². The molecule has 0 heterocycles. The van der Waals surface area contributed by atoms with Gasteiger partial charge in [0.15, 0.2) is 0 Å². The van der Waals surface area contributed by atoms with Gasteiger partial charge in [0.1, 0.15) is 10.7 Å². The lowest BCUT2D eigenvalue weighted by molar-refractivity contribution is 0.474. The highest BCUT2D eigenvalue weighted by Gasteiger charge is 2.05. The van der Waals surface area contributed by atoms with Crippen molar-refractivity contribution < 1.29 is 5.11 Å². The molecule has 4 heteroatoms. The minimum atomic E-state index is 0.280. The van der Waals surface area contributed by atoms with Crippen molar-refractivity contribution in [2.24, 2.45) is 5.73 Å². The van der Waals surface area contributed by atoms with Gasteiger partial charge in [-0.15, -0.1) is 0 Å². The van der Waals surface area contributed by atoms with Crippen LogP contribution in [0.15, 0.2) is 48.5 Å². The monoisotopic (exact) mass is 272 g/mol. The maximum absolute atomic E-state index is 9.46. The second-order valence-electron chi connectivity index (χ2n) is 4.44. The fourth-order valence-corrected chi connectivity index (χ4v) is 2.04. The highest BCUT2D eigenvalue weighted by molar-refractivity contribution is 7.80. The van der Waals surface area contributed by atoms with Crippen LogP contribution in [0.5, 0.6) is 5.75 Å². The maximum Gasteiger partial charge on any atom is 0.115 e. The van der Waals surface area contributed by atoms with Gasteiger partial charge in [0.25, 0.3) is 0 Å². The van der Waals surface area contributed by atoms with Crippen LogP contribution in [0.4, 0.5) is 5.69 Å². The van der Waals surface area contributed by atoms with Crippen LogP contribution >= 0.6 is 12.2 Å². The van der Waals surface area contributed by atoms with Crippen molar-refractivity contribution in [3.63, 3.8) is 0 Å². The Kier molecular flexibility index (Phi) is 4.02. The minimum absolute atomic E-state index is 0.280. The summed E-state index contributed by atoms with van der Waals surface area (Å²) in [6, 6.07) is 15.0. The van der Waals surface area contributed by atoms with Crippen LogP contribution in [0, 0.1) is 0 Å². The zero-order valence-electron chi connectivity index (χ0n) is 10.7. The molecule has 0 saturated heterocycles. The quantitative estimate of drug-likeness (QED) is 0.840. The standard InChI is InChI=1S/C15H16N2OS/c1-17(10-11-4-2-7-14(18)8-11)13-6-3-5-12(9-13)15(16)19/h2-9,18H,10H2,1H3,(H2,16,19). The Labute approximate surface area is 118 Å². The van der Waals surface area contributed by atoms with E-state index in [-0.39, 0.29) is 5.75 Å². The van der Waals surface area contributed by atoms with E-state index in [1.54, 1.807) is 12.1 Å². The number of thiocarbonyl (C=S) groups is 1. The lowest BCUT2D eigenvalue weighted by Gasteiger charge is -2.20. The predicted octanol–water partition coefficient (Wildman–Crippen LogP) is 2.66. The van der Waals surface area contributed by atoms with E-state index in [2.05, 4.69) is 4.90 Å². The number of nitrogens with two attached hydrogens (primary N) is 1. The molecule has 0 fully saturated rings. The van der Waals surface area contributed by atoms with Gasteiger partial charge in [0, 0.05) is 24.8 Å². The van der Waals surface area contributed by atoms with Crippen molar-refractivity contribution in [1.82, 2.24) is 0 Å². The second kappa shape index (κ2) is 5.71. The van der Waals surface area contributed by atoms with Crippen molar-refractivity contribution in [3.05, 3.63) is 59.7 Å². The molecule has 0 amide bonds. The number of hydrogen-bond donors (Lipinski definition) is 2. The van der Waals surface area contributed by atoms with Gasteiger partial charge < -0.3 is 15.7 Å². The first-order valence-corrected chi connectivity index (χ1v) is 6.36. The normalized spacial score (nSPS) is 10.2. The van der Waals surface area contributed by atoms with Crippen molar-refractivity contribution in [1.29, 1.82) is 0 Å². The predicted molar refractivity (Wildman–Crippen MR) is 82.5 cm³/mol. The molecule has 2 aromatic carbocycles. The molecule has 0 aliphatic carbocycles. The van der Waals surface area contributed by atoms with E-state index in [0.717, 1.165) is 16.8 Å². The number of hydrogen-bond acceptors (Lipinski definition) is 3. The van der Waals surface area contributed by atoms with Crippen LogP contribution in [0.25, 0.3) is 0 Å². The van der Waals surface area contributed by atoms with Gasteiger partial charge in [-0.2, -0.15) is 0 Å². The Hall–Kier alpha value is -2.07. The summed E-state index contributed by atoms with van der Waals surface area (Å²) in [5, 5.41) is 9.46. The number of phenols is 1. The molecule has 0 aliphatic heterocycles. The zero-order chi connectivity index (χ0) is 13.8. The molecule has 0 spiro atoms. The van der Waals surface area contributed by atoms with E-state index in [1.807, 2.05) is 43.4 Å². The first kappa shape index (κ1) is 13.4. The third-order valence-corrected chi connectivity index (χ3v) is 3.14. The van der Waals surface area contributed by atoms with Crippen LogP contribution in [-0.2, 0) is 6.54 Å². The molecule has 98 valence electrons. The van der Waals surface area contributed by atoms with Crippen molar-refractivity contribution in [3.8, 4) is 5.75 Å². The first-order chi connectivity index (χ1) is 9.06. The Morgan fingerprint density at radius 1 is 1.21 bits per heavy atom. The number of benzene rings is 2. The first-order valence-electron chi connectivity index (χ1n) is 5.95. The van der Waals surface area contributed by atoms with E-state index in [9.17, 15) is 5.11 Å². The number of phenolic OH excluding ortho intramolecular Hbond substituents is 1. The molecular weight excluding hydrogens is 256 g/mol. The molecule has 2 aromatic rings. The third-order valence-electron chi connectivity index (χ3n) is 2.90. The Bertz CT molecular complexity index is 598. The topological polar surface area (TPSA) is 49.5 Å². The highest BCUT2D eigenvalue weighted by Crippen LogP contribution is 2.19. The van der Waals surface area contributed by atoms with Gasteiger partial charge in [0.2, 0.25) is 0 Å². The summed E-state index contributed by atoms with van der Waals surface area (Å²) in [7, 11) is 1.99. The summed E-state index contributed by atoms with van der Waals surface area (Å²) in [5.74, 6) is 0.280. The van der Waals surface area contributed by atoms with Crippen molar-refractivity contribution in [2.75, 3.05) is 11.9 Å². The largest absolute Gasteiger partial charge is 0.508 e. The van der Waals surface area contributed by atoms with E-state index in [1.165, 1.54) is 0 Å². The number of rotatable bonds is 4. The second-order valence-corrected chi connectivity index (χ2v) is 4.88. The van der Waals surface area contributed by atoms with Crippen LogP contribution in [0.1, 0.15) is 11.1 Å². The van der Waals surface area contributed by atoms with Gasteiger partial charge in [0.05, 0.1) is 0 Å². The molecule has 0 bridgehead atoms. The van der Waals surface area contributed by atoms with Gasteiger partial charge in [-0.25, -0.2) is 0 Å². The third kappa shape index (κ3) is 3.45. The van der Waals surface area contributed by atoms with Crippen LogP contribution < -0.4 is 10.6 Å². The Morgan fingerprint density at radius 2 is 1.95 bits per heavy atom. The number of anilines is 1. The molecule has 0 saturated carbocycles. The van der Waals surface area contributed by atoms with Gasteiger partial charge in [-0.1, -0.05) is 36.5 Å². The van der Waals surface area contributed by atoms with E-state index in [4.69, 9.17) is 18.0 Å².